The predicted molar refractivity (Wildman–Crippen MR) is 116 cm³/mol. The Hall–Kier alpha value is -2.84. The Labute approximate surface area is 171 Å². The van der Waals surface area contributed by atoms with Crippen molar-refractivity contribution in [3.8, 4) is 11.1 Å². The third-order valence-electron chi connectivity index (χ3n) is 4.54. The minimum atomic E-state index is -0.305. The van der Waals surface area contributed by atoms with E-state index < -0.39 is 0 Å². The molecule has 3 aromatic rings. The molecule has 142 valence electrons. The molecule has 0 saturated carbocycles. The van der Waals surface area contributed by atoms with E-state index in [9.17, 15) is 4.79 Å². The molecule has 0 amide bonds. The summed E-state index contributed by atoms with van der Waals surface area (Å²) in [5, 5.41) is 0.725. The zero-order valence-electron chi connectivity index (χ0n) is 15.9. The second-order valence-electron chi connectivity index (χ2n) is 6.49. The molecule has 2 nitrogen and oxygen atoms in total. The number of esters is 1. The van der Waals surface area contributed by atoms with E-state index >= 15 is 0 Å². The molecule has 0 saturated heterocycles. The average Bonchev–Trinajstić information content (AvgIpc) is 2.73. The van der Waals surface area contributed by atoms with E-state index in [0.717, 1.165) is 34.6 Å². The van der Waals surface area contributed by atoms with Crippen LogP contribution in [0.5, 0.6) is 0 Å². The molecule has 0 unspecified atom stereocenters. The van der Waals surface area contributed by atoms with Gasteiger partial charge in [0.25, 0.3) is 0 Å². The Morgan fingerprint density at radius 3 is 2.18 bits per heavy atom. The highest BCUT2D eigenvalue weighted by molar-refractivity contribution is 6.30. The number of allylic oxidation sites excluding steroid dienone is 1. The molecule has 0 N–H and O–H groups in total. The molecule has 0 atom stereocenters. The number of benzene rings is 3. The molecular weight excluding hydrogens is 368 g/mol. The molecule has 3 rings (SSSR count). The second kappa shape index (κ2) is 9.91. The van der Waals surface area contributed by atoms with Crippen molar-refractivity contribution in [2.45, 2.75) is 19.8 Å². The van der Waals surface area contributed by atoms with Crippen molar-refractivity contribution < 1.29 is 9.53 Å². The molecule has 0 aliphatic carbocycles. The zero-order valence-corrected chi connectivity index (χ0v) is 16.7. The van der Waals surface area contributed by atoms with E-state index in [4.69, 9.17) is 16.3 Å². The van der Waals surface area contributed by atoms with Gasteiger partial charge in [-0.2, -0.15) is 0 Å². The van der Waals surface area contributed by atoms with Gasteiger partial charge in [0.1, 0.15) is 0 Å². The highest BCUT2D eigenvalue weighted by atomic mass is 35.5. The van der Waals surface area contributed by atoms with Gasteiger partial charge < -0.3 is 4.74 Å². The SMILES string of the molecule is CCOC(=O)/C=C(\CCc1ccc(Cl)cc1)c1ccc(-c2ccccc2)cc1. The number of carbonyl (C=O) groups excluding carboxylic acids is 1. The molecule has 0 radical (unpaired) electrons. The quantitative estimate of drug-likeness (QED) is 0.336. The first kappa shape index (κ1) is 19.9. The van der Waals surface area contributed by atoms with Gasteiger partial charge in [0.15, 0.2) is 0 Å². The van der Waals surface area contributed by atoms with Crippen molar-refractivity contribution >= 4 is 23.1 Å². The van der Waals surface area contributed by atoms with E-state index in [1.54, 1.807) is 6.08 Å². The number of carbonyl (C=O) groups is 1. The lowest BCUT2D eigenvalue weighted by Gasteiger charge is -2.10. The minimum absolute atomic E-state index is 0.305. The Kier molecular flexibility index (Phi) is 7.05. The Morgan fingerprint density at radius 1 is 0.893 bits per heavy atom. The third kappa shape index (κ3) is 5.58. The number of hydrogen-bond donors (Lipinski definition) is 0. The molecule has 0 bridgehead atoms. The fourth-order valence-electron chi connectivity index (χ4n) is 3.06. The van der Waals surface area contributed by atoms with Gasteiger partial charge in [-0.25, -0.2) is 4.79 Å². The Balaban J connectivity index is 1.81. The first-order chi connectivity index (χ1) is 13.7. The number of aryl methyl sites for hydroxylation is 1. The normalized spacial score (nSPS) is 11.3. The number of halogens is 1. The number of ether oxygens (including phenoxy) is 1. The fourth-order valence-corrected chi connectivity index (χ4v) is 3.19. The highest BCUT2D eigenvalue weighted by Crippen LogP contribution is 2.25. The molecule has 0 heterocycles. The monoisotopic (exact) mass is 390 g/mol. The summed E-state index contributed by atoms with van der Waals surface area (Å²) >= 11 is 5.97. The van der Waals surface area contributed by atoms with Gasteiger partial charge in [0.2, 0.25) is 0 Å². The summed E-state index contributed by atoms with van der Waals surface area (Å²) in [6, 6.07) is 26.4. The molecule has 3 aromatic carbocycles. The first-order valence-electron chi connectivity index (χ1n) is 9.43. The maximum Gasteiger partial charge on any atom is 0.331 e. The Morgan fingerprint density at radius 2 is 1.54 bits per heavy atom. The van der Waals surface area contributed by atoms with E-state index in [2.05, 4.69) is 36.4 Å². The lowest BCUT2D eigenvalue weighted by molar-refractivity contribution is -0.137. The summed E-state index contributed by atoms with van der Waals surface area (Å²) in [6.45, 7) is 2.18. The first-order valence-corrected chi connectivity index (χ1v) is 9.81. The molecule has 0 fully saturated rings. The summed E-state index contributed by atoms with van der Waals surface area (Å²) in [5.41, 5.74) is 5.50. The molecule has 3 heteroatoms. The largest absolute Gasteiger partial charge is 0.463 e. The smallest absolute Gasteiger partial charge is 0.331 e. The second-order valence-corrected chi connectivity index (χ2v) is 6.93. The van der Waals surface area contributed by atoms with Crippen LogP contribution >= 0.6 is 11.6 Å². The van der Waals surface area contributed by atoms with Crippen molar-refractivity contribution in [2.75, 3.05) is 6.61 Å². The van der Waals surface area contributed by atoms with Crippen LogP contribution < -0.4 is 0 Å². The molecule has 0 aliphatic rings. The van der Waals surface area contributed by atoms with Crippen LogP contribution in [-0.4, -0.2) is 12.6 Å². The van der Waals surface area contributed by atoms with Gasteiger partial charge in [-0.15, -0.1) is 0 Å². The number of rotatable bonds is 7. The molecular formula is C25H23ClO2. The standard InChI is InChI=1S/C25H23ClO2/c1-2-28-25(27)18-23(11-8-19-9-16-24(26)17-10-19)22-14-12-21(13-15-22)20-6-4-3-5-7-20/h3-7,9-10,12-18H,2,8,11H2,1H3/b23-18+. The van der Waals surface area contributed by atoms with Crippen molar-refractivity contribution in [2.24, 2.45) is 0 Å². The molecule has 0 aliphatic heterocycles. The van der Waals surface area contributed by atoms with Crippen LogP contribution in [0.1, 0.15) is 24.5 Å². The van der Waals surface area contributed by atoms with Gasteiger partial charge in [0.05, 0.1) is 6.61 Å². The third-order valence-corrected chi connectivity index (χ3v) is 4.79. The lowest BCUT2D eigenvalue weighted by atomic mass is 9.96. The van der Waals surface area contributed by atoms with Crippen LogP contribution in [0, 0.1) is 0 Å². The van der Waals surface area contributed by atoms with E-state index in [-0.39, 0.29) is 5.97 Å². The highest BCUT2D eigenvalue weighted by Gasteiger charge is 2.08. The van der Waals surface area contributed by atoms with Crippen molar-refractivity contribution in [1.82, 2.24) is 0 Å². The maximum absolute atomic E-state index is 12.1. The summed E-state index contributed by atoms with van der Waals surface area (Å²) in [5.74, 6) is -0.305. The van der Waals surface area contributed by atoms with E-state index in [1.807, 2.05) is 49.4 Å². The predicted octanol–water partition coefficient (Wildman–Crippen LogP) is 6.59. The van der Waals surface area contributed by atoms with Crippen LogP contribution in [0.3, 0.4) is 0 Å². The van der Waals surface area contributed by atoms with Crippen LogP contribution in [-0.2, 0) is 16.0 Å². The van der Waals surface area contributed by atoms with Gasteiger partial charge >= 0.3 is 5.97 Å². The van der Waals surface area contributed by atoms with Crippen LogP contribution in [0.25, 0.3) is 16.7 Å². The Bertz CT molecular complexity index is 927. The average molecular weight is 391 g/mol. The van der Waals surface area contributed by atoms with Crippen LogP contribution in [0.15, 0.2) is 84.9 Å². The zero-order chi connectivity index (χ0) is 19.8. The summed E-state index contributed by atoms with van der Waals surface area (Å²) < 4.78 is 5.12. The van der Waals surface area contributed by atoms with Gasteiger partial charge in [-0.1, -0.05) is 78.3 Å². The van der Waals surface area contributed by atoms with Gasteiger partial charge in [-0.05, 0) is 59.7 Å². The van der Waals surface area contributed by atoms with Crippen molar-refractivity contribution in [1.29, 1.82) is 0 Å². The summed E-state index contributed by atoms with van der Waals surface area (Å²) in [4.78, 5) is 12.1. The molecule has 28 heavy (non-hydrogen) atoms. The van der Waals surface area contributed by atoms with Crippen molar-refractivity contribution in [3.63, 3.8) is 0 Å². The van der Waals surface area contributed by atoms with Gasteiger partial charge in [-0.3, -0.25) is 0 Å². The van der Waals surface area contributed by atoms with Crippen LogP contribution in [0.2, 0.25) is 5.02 Å². The van der Waals surface area contributed by atoms with E-state index in [0.29, 0.717) is 6.61 Å². The van der Waals surface area contributed by atoms with E-state index in [1.165, 1.54) is 11.1 Å². The molecule has 0 aromatic heterocycles. The topological polar surface area (TPSA) is 26.3 Å². The van der Waals surface area contributed by atoms with Crippen LogP contribution in [0.4, 0.5) is 0 Å². The molecule has 0 spiro atoms. The maximum atomic E-state index is 12.1. The minimum Gasteiger partial charge on any atom is -0.463 e. The van der Waals surface area contributed by atoms with Crippen molar-refractivity contribution in [3.05, 3.63) is 101 Å². The lowest BCUT2D eigenvalue weighted by Crippen LogP contribution is -2.02. The summed E-state index contributed by atoms with van der Waals surface area (Å²) in [6.07, 6.45) is 3.17. The fraction of sp³-hybridized carbons (Fsp3) is 0.160. The summed E-state index contributed by atoms with van der Waals surface area (Å²) in [7, 11) is 0. The van der Waals surface area contributed by atoms with Gasteiger partial charge in [0, 0.05) is 11.1 Å². The number of hydrogen-bond acceptors (Lipinski definition) is 2.